The second-order valence-corrected chi connectivity index (χ2v) is 6.93. The lowest BCUT2D eigenvalue weighted by Crippen LogP contribution is -2.45. The van der Waals surface area contributed by atoms with E-state index in [4.69, 9.17) is 4.74 Å². The molecule has 1 saturated heterocycles. The number of urea groups is 1. The number of hydrogen-bond acceptors (Lipinski definition) is 4. The Hall–Kier alpha value is -2.12. The second kappa shape index (κ2) is 8.51. The Labute approximate surface area is 154 Å². The fraction of sp³-hybridized carbons (Fsp3) is 0.579. The number of H-pyrrole nitrogens is 1. The zero-order valence-electron chi connectivity index (χ0n) is 15.9. The molecule has 1 fully saturated rings. The summed E-state index contributed by atoms with van der Waals surface area (Å²) in [5.41, 5.74) is 3.12. The van der Waals surface area contributed by atoms with E-state index in [1.807, 2.05) is 19.2 Å². The molecule has 0 aliphatic carbocycles. The molecule has 1 atom stereocenters. The molecule has 142 valence electrons. The van der Waals surface area contributed by atoms with E-state index in [0.29, 0.717) is 6.54 Å². The van der Waals surface area contributed by atoms with Crippen LogP contribution >= 0.6 is 0 Å². The van der Waals surface area contributed by atoms with Crippen LogP contribution in [0.15, 0.2) is 18.2 Å². The van der Waals surface area contributed by atoms with E-state index in [1.54, 1.807) is 4.90 Å². The number of hydrogen-bond donors (Lipinski definition) is 2. The number of aryl methyl sites for hydroxylation is 1. The summed E-state index contributed by atoms with van der Waals surface area (Å²) < 4.78 is 5.36. The number of carbonyl (C=O) groups is 1. The van der Waals surface area contributed by atoms with Crippen LogP contribution in [0.3, 0.4) is 0 Å². The molecular weight excluding hydrogens is 330 g/mol. The first-order valence-electron chi connectivity index (χ1n) is 9.35. The average Bonchev–Trinajstić information content (AvgIpc) is 3.07. The summed E-state index contributed by atoms with van der Waals surface area (Å²) in [7, 11) is 1.84. The SMILES string of the molecule is CC[C@@H](NC(=O)N(C)CCN1CCOCC1)c1nc2ccc(C)cc2[nH]1. The number of carbonyl (C=O) groups excluding carboxylic acids is 1. The van der Waals surface area contributed by atoms with Gasteiger partial charge in [0.15, 0.2) is 0 Å². The van der Waals surface area contributed by atoms with Crippen molar-refractivity contribution >= 4 is 17.1 Å². The van der Waals surface area contributed by atoms with Gasteiger partial charge in [0.1, 0.15) is 5.82 Å². The molecule has 0 bridgehead atoms. The molecule has 0 saturated carbocycles. The average molecular weight is 359 g/mol. The normalized spacial score (nSPS) is 16.6. The van der Waals surface area contributed by atoms with Crippen molar-refractivity contribution in [3.63, 3.8) is 0 Å². The maximum absolute atomic E-state index is 12.6. The number of nitrogens with zero attached hydrogens (tertiary/aromatic N) is 3. The van der Waals surface area contributed by atoms with Crippen molar-refractivity contribution in [2.45, 2.75) is 26.3 Å². The Morgan fingerprint density at radius 1 is 1.42 bits per heavy atom. The summed E-state index contributed by atoms with van der Waals surface area (Å²) in [5.74, 6) is 0.808. The van der Waals surface area contributed by atoms with E-state index < -0.39 is 0 Å². The molecule has 1 aliphatic heterocycles. The fourth-order valence-electron chi connectivity index (χ4n) is 3.15. The molecule has 0 spiro atoms. The fourth-order valence-corrected chi connectivity index (χ4v) is 3.15. The molecular formula is C19H29N5O2. The second-order valence-electron chi connectivity index (χ2n) is 6.93. The van der Waals surface area contributed by atoms with Crippen LogP contribution in [0.2, 0.25) is 0 Å². The van der Waals surface area contributed by atoms with E-state index in [-0.39, 0.29) is 12.1 Å². The summed E-state index contributed by atoms with van der Waals surface area (Å²) >= 11 is 0. The van der Waals surface area contributed by atoms with Gasteiger partial charge in [-0.3, -0.25) is 4.90 Å². The molecule has 1 aromatic heterocycles. The molecule has 1 aromatic carbocycles. The lowest BCUT2D eigenvalue weighted by Gasteiger charge is -2.29. The van der Waals surface area contributed by atoms with Crippen molar-refractivity contribution < 1.29 is 9.53 Å². The number of amides is 2. The highest BCUT2D eigenvalue weighted by molar-refractivity contribution is 5.77. The van der Waals surface area contributed by atoms with Crippen LogP contribution in [-0.2, 0) is 4.74 Å². The molecule has 2 heterocycles. The van der Waals surface area contributed by atoms with Gasteiger partial charge in [0.25, 0.3) is 0 Å². The van der Waals surface area contributed by atoms with Gasteiger partial charge in [0.2, 0.25) is 0 Å². The highest BCUT2D eigenvalue weighted by Crippen LogP contribution is 2.19. The molecule has 1 aliphatic rings. The van der Waals surface area contributed by atoms with Crippen molar-refractivity contribution in [1.82, 2.24) is 25.1 Å². The van der Waals surface area contributed by atoms with E-state index in [2.05, 4.69) is 40.1 Å². The number of aromatic nitrogens is 2. The van der Waals surface area contributed by atoms with Crippen LogP contribution in [0.5, 0.6) is 0 Å². The molecule has 7 heteroatoms. The number of rotatable bonds is 6. The third-order valence-electron chi connectivity index (χ3n) is 4.89. The van der Waals surface area contributed by atoms with Crippen LogP contribution in [-0.4, -0.2) is 72.2 Å². The Balaban J connectivity index is 1.57. The summed E-state index contributed by atoms with van der Waals surface area (Å²) in [4.78, 5) is 24.6. The first-order valence-corrected chi connectivity index (χ1v) is 9.35. The molecule has 7 nitrogen and oxygen atoms in total. The smallest absolute Gasteiger partial charge is 0.317 e. The van der Waals surface area contributed by atoms with E-state index in [1.165, 1.54) is 5.56 Å². The predicted molar refractivity (Wildman–Crippen MR) is 102 cm³/mol. The zero-order valence-corrected chi connectivity index (χ0v) is 15.9. The highest BCUT2D eigenvalue weighted by atomic mass is 16.5. The number of imidazole rings is 1. The topological polar surface area (TPSA) is 73.5 Å². The summed E-state index contributed by atoms with van der Waals surface area (Å²) in [6, 6.07) is 5.94. The zero-order chi connectivity index (χ0) is 18.5. The maximum atomic E-state index is 12.6. The largest absolute Gasteiger partial charge is 0.379 e. The van der Waals surface area contributed by atoms with Gasteiger partial charge >= 0.3 is 6.03 Å². The quantitative estimate of drug-likeness (QED) is 0.830. The van der Waals surface area contributed by atoms with Gasteiger partial charge < -0.3 is 19.9 Å². The molecule has 2 aromatic rings. The predicted octanol–water partition coefficient (Wildman–Crippen LogP) is 2.30. The minimum absolute atomic E-state index is 0.0678. The first kappa shape index (κ1) is 18.7. The van der Waals surface area contributed by atoms with Gasteiger partial charge in [-0.25, -0.2) is 9.78 Å². The number of fused-ring (bicyclic) bond motifs is 1. The van der Waals surface area contributed by atoms with Gasteiger partial charge in [0.05, 0.1) is 30.3 Å². The Morgan fingerprint density at radius 2 is 2.19 bits per heavy atom. The highest BCUT2D eigenvalue weighted by Gasteiger charge is 2.19. The van der Waals surface area contributed by atoms with Crippen molar-refractivity contribution in [3.05, 3.63) is 29.6 Å². The summed E-state index contributed by atoms with van der Waals surface area (Å²) in [6.07, 6.45) is 0.780. The number of morpholine rings is 1. The monoisotopic (exact) mass is 359 g/mol. The number of nitrogens with one attached hydrogen (secondary N) is 2. The van der Waals surface area contributed by atoms with Crippen LogP contribution in [0, 0.1) is 6.92 Å². The molecule has 0 radical (unpaired) electrons. The van der Waals surface area contributed by atoms with Gasteiger partial charge in [-0.2, -0.15) is 0 Å². The molecule has 3 rings (SSSR count). The maximum Gasteiger partial charge on any atom is 0.317 e. The third-order valence-corrected chi connectivity index (χ3v) is 4.89. The van der Waals surface area contributed by atoms with E-state index >= 15 is 0 Å². The third kappa shape index (κ3) is 4.53. The van der Waals surface area contributed by atoms with Crippen molar-refractivity contribution in [3.8, 4) is 0 Å². The van der Waals surface area contributed by atoms with Gasteiger partial charge in [-0.05, 0) is 31.0 Å². The summed E-state index contributed by atoms with van der Waals surface area (Å²) in [5, 5.41) is 3.10. The standard InChI is InChI=1S/C19H29N5O2/c1-4-15(18-20-16-6-5-14(2)13-17(16)21-18)22-19(25)23(3)7-8-24-9-11-26-12-10-24/h5-6,13,15H,4,7-12H2,1-3H3,(H,20,21)(H,22,25)/t15-/m1/s1. The van der Waals surface area contributed by atoms with Crippen LogP contribution in [0.25, 0.3) is 11.0 Å². The number of likely N-dealkylation sites (N-methyl/N-ethyl adjacent to an activating group) is 1. The van der Waals surface area contributed by atoms with Gasteiger partial charge in [-0.15, -0.1) is 0 Å². The van der Waals surface area contributed by atoms with Crippen molar-refractivity contribution in [2.24, 2.45) is 0 Å². The number of ether oxygens (including phenoxy) is 1. The van der Waals surface area contributed by atoms with E-state index in [9.17, 15) is 4.79 Å². The van der Waals surface area contributed by atoms with Crippen LogP contribution < -0.4 is 5.32 Å². The summed E-state index contributed by atoms with van der Waals surface area (Å²) in [6.45, 7) is 9.10. The van der Waals surface area contributed by atoms with Crippen molar-refractivity contribution in [1.29, 1.82) is 0 Å². The number of benzene rings is 1. The van der Waals surface area contributed by atoms with Crippen LogP contribution in [0.1, 0.15) is 30.8 Å². The van der Waals surface area contributed by atoms with Gasteiger partial charge in [0, 0.05) is 33.2 Å². The molecule has 2 amide bonds. The Bertz CT molecular complexity index is 739. The lowest BCUT2D eigenvalue weighted by molar-refractivity contribution is 0.0356. The molecule has 26 heavy (non-hydrogen) atoms. The van der Waals surface area contributed by atoms with E-state index in [0.717, 1.165) is 56.1 Å². The Kier molecular flexibility index (Phi) is 6.11. The number of aromatic amines is 1. The lowest BCUT2D eigenvalue weighted by atomic mass is 10.2. The van der Waals surface area contributed by atoms with Crippen molar-refractivity contribution in [2.75, 3.05) is 46.4 Å². The first-order chi connectivity index (χ1) is 12.6. The van der Waals surface area contributed by atoms with Crippen LogP contribution in [0.4, 0.5) is 4.79 Å². The molecule has 0 unspecified atom stereocenters. The Morgan fingerprint density at radius 3 is 2.92 bits per heavy atom. The molecule has 2 N–H and O–H groups in total. The minimum Gasteiger partial charge on any atom is -0.379 e. The van der Waals surface area contributed by atoms with Gasteiger partial charge in [-0.1, -0.05) is 13.0 Å². The minimum atomic E-state index is -0.124.